The zero-order valence-corrected chi connectivity index (χ0v) is 12.8. The fraction of sp³-hybridized carbons (Fsp3) is 0.467. The van der Waals surface area contributed by atoms with Crippen LogP contribution in [0.1, 0.15) is 17.3 Å². The summed E-state index contributed by atoms with van der Waals surface area (Å²) in [5.74, 6) is -0.0307. The first-order chi connectivity index (χ1) is 9.97. The maximum absolute atomic E-state index is 12.2. The first-order valence-corrected chi connectivity index (χ1v) is 7.06. The van der Waals surface area contributed by atoms with E-state index in [4.69, 9.17) is 0 Å². The van der Waals surface area contributed by atoms with Crippen LogP contribution in [0.4, 0.5) is 5.69 Å². The van der Waals surface area contributed by atoms with Crippen molar-refractivity contribution in [2.24, 2.45) is 0 Å². The number of rotatable bonds is 3. The number of benzene rings is 1. The molecular formula is C15H22N4O2. The molecule has 0 unspecified atom stereocenters. The summed E-state index contributed by atoms with van der Waals surface area (Å²) in [5.41, 5.74) is 4.58. The van der Waals surface area contributed by atoms with Crippen molar-refractivity contribution in [1.82, 2.24) is 15.3 Å². The molecule has 0 bridgehead atoms. The lowest BCUT2D eigenvalue weighted by Gasteiger charge is -2.34. The highest BCUT2D eigenvalue weighted by atomic mass is 16.2. The highest BCUT2D eigenvalue weighted by Gasteiger charge is 2.20. The smallest absolute Gasteiger partial charge is 0.265 e. The molecule has 1 aromatic rings. The van der Waals surface area contributed by atoms with E-state index >= 15 is 0 Å². The number of carbonyl (C=O) groups excluding carboxylic acids is 2. The Morgan fingerprint density at radius 1 is 1.05 bits per heavy atom. The van der Waals surface area contributed by atoms with Gasteiger partial charge in [-0.05, 0) is 24.3 Å². The number of hydrazine groups is 1. The lowest BCUT2D eigenvalue weighted by Crippen LogP contribution is -2.54. The zero-order chi connectivity index (χ0) is 15.4. The van der Waals surface area contributed by atoms with Gasteiger partial charge in [-0.1, -0.05) is 0 Å². The average Bonchev–Trinajstić information content (AvgIpc) is 2.47. The van der Waals surface area contributed by atoms with Gasteiger partial charge in [-0.2, -0.15) is 0 Å². The van der Waals surface area contributed by atoms with Crippen molar-refractivity contribution in [3.8, 4) is 0 Å². The van der Waals surface area contributed by atoms with Gasteiger partial charge < -0.3 is 9.80 Å². The summed E-state index contributed by atoms with van der Waals surface area (Å²) in [5, 5.41) is 1.86. The van der Waals surface area contributed by atoms with Crippen LogP contribution in [0, 0.1) is 0 Å². The minimum Gasteiger partial charge on any atom is -0.378 e. The molecule has 1 heterocycles. The predicted molar refractivity (Wildman–Crippen MR) is 82.1 cm³/mol. The van der Waals surface area contributed by atoms with Gasteiger partial charge in [0.05, 0.1) is 0 Å². The second-order valence-electron chi connectivity index (χ2n) is 5.38. The number of hydrogen-bond acceptors (Lipinski definition) is 4. The van der Waals surface area contributed by atoms with Crippen molar-refractivity contribution in [3.05, 3.63) is 29.8 Å². The van der Waals surface area contributed by atoms with Crippen molar-refractivity contribution in [1.29, 1.82) is 0 Å². The second-order valence-corrected chi connectivity index (χ2v) is 5.38. The molecule has 0 atom stereocenters. The zero-order valence-electron chi connectivity index (χ0n) is 12.8. The third-order valence-corrected chi connectivity index (χ3v) is 3.63. The third kappa shape index (κ3) is 3.95. The van der Waals surface area contributed by atoms with E-state index in [0.717, 1.165) is 5.69 Å². The molecule has 0 radical (unpaired) electrons. The normalized spacial score (nSPS) is 15.7. The summed E-state index contributed by atoms with van der Waals surface area (Å²) < 4.78 is 0. The Balaban J connectivity index is 1.89. The predicted octanol–water partition coefficient (Wildman–Crippen LogP) is 0.561. The number of amides is 2. The highest BCUT2D eigenvalue weighted by Crippen LogP contribution is 2.12. The molecule has 0 aliphatic carbocycles. The van der Waals surface area contributed by atoms with Gasteiger partial charge in [0.2, 0.25) is 5.91 Å². The van der Waals surface area contributed by atoms with E-state index in [-0.39, 0.29) is 11.8 Å². The second kappa shape index (κ2) is 6.58. The van der Waals surface area contributed by atoms with E-state index in [9.17, 15) is 9.59 Å². The molecule has 0 spiro atoms. The number of piperazine rings is 1. The number of hydrogen-bond donors (Lipinski definition) is 1. The Hall–Kier alpha value is -2.08. The standard InChI is InChI=1S/C15H22N4O2/c1-12(20)18-8-10-19(11-9-18)16-15(21)13-4-6-14(7-5-13)17(2)3/h4-7H,8-11H2,1-3H3,(H,16,21). The molecule has 21 heavy (non-hydrogen) atoms. The van der Waals surface area contributed by atoms with E-state index in [1.807, 2.05) is 48.3 Å². The Labute approximate surface area is 125 Å². The van der Waals surface area contributed by atoms with Gasteiger partial charge in [0.25, 0.3) is 5.91 Å². The van der Waals surface area contributed by atoms with Crippen molar-refractivity contribution in [2.75, 3.05) is 45.2 Å². The first-order valence-electron chi connectivity index (χ1n) is 7.06. The fourth-order valence-corrected chi connectivity index (χ4v) is 2.25. The highest BCUT2D eigenvalue weighted by molar-refractivity contribution is 5.94. The van der Waals surface area contributed by atoms with Gasteiger partial charge in [-0.25, -0.2) is 5.01 Å². The molecule has 1 aromatic carbocycles. The summed E-state index contributed by atoms with van der Waals surface area (Å²) in [6.45, 7) is 4.17. The van der Waals surface area contributed by atoms with Gasteiger partial charge in [0.1, 0.15) is 0 Å². The molecule has 1 fully saturated rings. The molecule has 0 saturated carbocycles. The first kappa shape index (κ1) is 15.3. The summed E-state index contributed by atoms with van der Waals surface area (Å²) in [6.07, 6.45) is 0. The largest absolute Gasteiger partial charge is 0.378 e. The van der Waals surface area contributed by atoms with Gasteiger partial charge in [-0.15, -0.1) is 0 Å². The van der Waals surface area contributed by atoms with Crippen molar-refractivity contribution in [3.63, 3.8) is 0 Å². The van der Waals surface area contributed by atoms with Gasteiger partial charge in [0, 0.05) is 58.4 Å². The van der Waals surface area contributed by atoms with Crippen molar-refractivity contribution >= 4 is 17.5 Å². The number of nitrogens with one attached hydrogen (secondary N) is 1. The number of anilines is 1. The molecule has 2 rings (SSSR count). The summed E-state index contributed by atoms with van der Waals surface area (Å²) in [7, 11) is 3.92. The molecule has 6 nitrogen and oxygen atoms in total. The topological polar surface area (TPSA) is 55.9 Å². The van der Waals surface area contributed by atoms with Crippen LogP contribution in [-0.2, 0) is 4.79 Å². The molecule has 6 heteroatoms. The lowest BCUT2D eigenvalue weighted by molar-refractivity contribution is -0.130. The maximum Gasteiger partial charge on any atom is 0.265 e. The van der Waals surface area contributed by atoms with E-state index < -0.39 is 0 Å². The Kier molecular flexibility index (Phi) is 4.80. The minimum atomic E-state index is -0.114. The monoisotopic (exact) mass is 290 g/mol. The fourth-order valence-electron chi connectivity index (χ4n) is 2.25. The SMILES string of the molecule is CC(=O)N1CCN(NC(=O)c2ccc(N(C)C)cc2)CC1. The van der Waals surface area contributed by atoms with Crippen molar-refractivity contribution in [2.45, 2.75) is 6.92 Å². The summed E-state index contributed by atoms with van der Waals surface area (Å²) in [6, 6.07) is 7.47. The quantitative estimate of drug-likeness (QED) is 0.884. The number of carbonyl (C=O) groups is 2. The molecular weight excluding hydrogens is 268 g/mol. The molecule has 1 aliphatic rings. The average molecular weight is 290 g/mol. The summed E-state index contributed by atoms with van der Waals surface area (Å²) >= 11 is 0. The van der Waals surface area contributed by atoms with E-state index in [1.165, 1.54) is 0 Å². The van der Waals surface area contributed by atoms with Crippen LogP contribution in [0.15, 0.2) is 24.3 Å². The van der Waals surface area contributed by atoms with E-state index in [1.54, 1.807) is 11.8 Å². The van der Waals surface area contributed by atoms with Crippen LogP contribution < -0.4 is 10.3 Å². The maximum atomic E-state index is 12.2. The molecule has 0 aromatic heterocycles. The van der Waals surface area contributed by atoms with Crippen molar-refractivity contribution < 1.29 is 9.59 Å². The Morgan fingerprint density at radius 2 is 1.62 bits per heavy atom. The molecule has 1 saturated heterocycles. The van der Waals surface area contributed by atoms with Crippen LogP contribution in [0.5, 0.6) is 0 Å². The van der Waals surface area contributed by atoms with Gasteiger partial charge in [-0.3, -0.25) is 15.0 Å². The minimum absolute atomic E-state index is 0.0836. The van der Waals surface area contributed by atoms with Gasteiger partial charge >= 0.3 is 0 Å². The Morgan fingerprint density at radius 3 is 2.10 bits per heavy atom. The lowest BCUT2D eigenvalue weighted by atomic mass is 10.2. The van der Waals surface area contributed by atoms with E-state index in [0.29, 0.717) is 31.7 Å². The number of nitrogens with zero attached hydrogens (tertiary/aromatic N) is 3. The van der Waals surface area contributed by atoms with E-state index in [2.05, 4.69) is 5.43 Å². The molecule has 2 amide bonds. The molecule has 1 N–H and O–H groups in total. The Bertz CT molecular complexity index is 505. The third-order valence-electron chi connectivity index (χ3n) is 3.63. The van der Waals surface area contributed by atoms with Gasteiger partial charge in [0.15, 0.2) is 0 Å². The van der Waals surface area contributed by atoms with Crippen LogP contribution in [0.25, 0.3) is 0 Å². The molecule has 114 valence electrons. The summed E-state index contributed by atoms with van der Waals surface area (Å²) in [4.78, 5) is 27.2. The van der Waals surface area contributed by atoms with Crippen LogP contribution in [0.3, 0.4) is 0 Å². The van der Waals surface area contributed by atoms with Crippen LogP contribution in [-0.4, -0.2) is 62.0 Å². The van der Waals surface area contributed by atoms with Crippen LogP contribution in [0.2, 0.25) is 0 Å². The van der Waals surface area contributed by atoms with Crippen LogP contribution >= 0.6 is 0 Å². The molecule has 1 aliphatic heterocycles.